The highest BCUT2D eigenvalue weighted by atomic mass is 14.3. The van der Waals surface area contributed by atoms with Crippen molar-refractivity contribution in [3.63, 3.8) is 0 Å². The lowest BCUT2D eigenvalue weighted by Crippen LogP contribution is -1.92. The number of nitrogens with one attached hydrogen (secondary N) is 1. The maximum atomic E-state index is 7.40. The van der Waals surface area contributed by atoms with Gasteiger partial charge in [-0.05, 0) is 42.5 Å². The molecule has 0 aliphatic carbocycles. The Balaban J connectivity index is 0.00000121. The second kappa shape index (κ2) is 7.83. The average molecular weight is 231 g/mol. The van der Waals surface area contributed by atoms with Crippen molar-refractivity contribution in [2.75, 3.05) is 0 Å². The van der Waals surface area contributed by atoms with Crippen LogP contribution in [0.4, 0.5) is 0 Å². The number of hydrogen-bond acceptors (Lipinski definition) is 1. The van der Waals surface area contributed by atoms with Crippen LogP contribution in [-0.4, -0.2) is 6.21 Å². The fraction of sp³-hybridized carbons (Fsp3) is 0.438. The molecule has 0 saturated carbocycles. The minimum absolute atomic E-state index is 0.546. The Morgan fingerprint density at radius 3 is 2.18 bits per heavy atom. The molecule has 0 aliphatic rings. The summed E-state index contributed by atoms with van der Waals surface area (Å²) in [6.07, 6.45) is 5.73. The molecule has 0 amide bonds. The molecule has 0 unspecified atom stereocenters. The van der Waals surface area contributed by atoms with E-state index in [2.05, 4.69) is 52.0 Å². The molecule has 0 saturated heterocycles. The maximum absolute atomic E-state index is 7.40. The van der Waals surface area contributed by atoms with Gasteiger partial charge in [-0.15, -0.1) is 0 Å². The average Bonchev–Trinajstić information content (AvgIpc) is 2.29. The van der Waals surface area contributed by atoms with Crippen molar-refractivity contribution in [1.82, 2.24) is 0 Å². The van der Waals surface area contributed by atoms with Crippen LogP contribution in [-0.2, 0) is 0 Å². The van der Waals surface area contributed by atoms with Gasteiger partial charge in [0, 0.05) is 6.21 Å². The normalized spacial score (nSPS) is 10.3. The first kappa shape index (κ1) is 15.6. The molecule has 0 fully saturated rings. The van der Waals surface area contributed by atoms with Gasteiger partial charge < -0.3 is 5.41 Å². The van der Waals surface area contributed by atoms with Crippen molar-refractivity contribution < 1.29 is 0 Å². The molecule has 94 valence electrons. The van der Waals surface area contributed by atoms with Crippen molar-refractivity contribution in [1.29, 1.82) is 5.41 Å². The Labute approximate surface area is 106 Å². The zero-order valence-corrected chi connectivity index (χ0v) is 12.0. The molecule has 0 spiro atoms. The van der Waals surface area contributed by atoms with Gasteiger partial charge >= 0.3 is 0 Å². The van der Waals surface area contributed by atoms with Crippen molar-refractivity contribution in [3.05, 3.63) is 40.5 Å². The minimum Gasteiger partial charge on any atom is -0.308 e. The molecule has 0 bridgehead atoms. The molecule has 0 radical (unpaired) electrons. The van der Waals surface area contributed by atoms with Gasteiger partial charge in [-0.2, -0.15) is 0 Å². The van der Waals surface area contributed by atoms with Gasteiger partial charge in [0.15, 0.2) is 0 Å². The molecule has 1 heteroatoms. The number of hydrogen-bond donors (Lipinski definition) is 1. The first-order valence-electron chi connectivity index (χ1n) is 6.34. The lowest BCUT2D eigenvalue weighted by molar-refractivity contribution is 0.836. The third-order valence-corrected chi connectivity index (χ3v) is 2.37. The number of aryl methyl sites for hydroxylation is 2. The van der Waals surface area contributed by atoms with Crippen LogP contribution in [0.15, 0.2) is 18.2 Å². The van der Waals surface area contributed by atoms with E-state index in [4.69, 9.17) is 5.41 Å². The summed E-state index contributed by atoms with van der Waals surface area (Å²) < 4.78 is 0. The lowest BCUT2D eigenvalue weighted by atomic mass is 9.98. The molecule has 1 rings (SSSR count). The summed E-state index contributed by atoms with van der Waals surface area (Å²) in [7, 11) is 0. The fourth-order valence-corrected chi connectivity index (χ4v) is 1.65. The molecule has 0 aliphatic heterocycles. The van der Waals surface area contributed by atoms with Gasteiger partial charge in [0.05, 0.1) is 0 Å². The first-order valence-corrected chi connectivity index (χ1v) is 6.34. The van der Waals surface area contributed by atoms with E-state index in [1.165, 1.54) is 22.9 Å². The highest BCUT2D eigenvalue weighted by molar-refractivity contribution is 5.84. The van der Waals surface area contributed by atoms with Gasteiger partial charge in [0.2, 0.25) is 0 Å². The van der Waals surface area contributed by atoms with Gasteiger partial charge in [0.25, 0.3) is 0 Å². The number of allylic oxidation sites excluding steroid dienone is 1. The standard InChI is InChI=1S/C14H19N.C2H6/c1-10(2)5-6-14-12(4)7-11(3)8-13(14)9-15;1-2/h5-10,15H,1-4H3;1-2H3/b6-5-,15-9?;. The Morgan fingerprint density at radius 2 is 1.71 bits per heavy atom. The van der Waals surface area contributed by atoms with Crippen LogP contribution in [0.5, 0.6) is 0 Å². The predicted octanol–water partition coefficient (Wildman–Crippen LogP) is 5.00. The number of benzene rings is 1. The molecular formula is C16H25N. The Morgan fingerprint density at radius 1 is 1.12 bits per heavy atom. The third-order valence-electron chi connectivity index (χ3n) is 2.37. The summed E-state index contributed by atoms with van der Waals surface area (Å²) in [6, 6.07) is 4.22. The molecule has 0 heterocycles. The van der Waals surface area contributed by atoms with E-state index in [1.807, 2.05) is 13.8 Å². The van der Waals surface area contributed by atoms with E-state index in [-0.39, 0.29) is 0 Å². The zero-order valence-electron chi connectivity index (χ0n) is 12.0. The largest absolute Gasteiger partial charge is 0.308 e. The molecule has 1 N–H and O–H groups in total. The Kier molecular flexibility index (Phi) is 7.20. The quantitative estimate of drug-likeness (QED) is 0.708. The van der Waals surface area contributed by atoms with Gasteiger partial charge in [-0.3, -0.25) is 0 Å². The molecule has 1 aromatic rings. The van der Waals surface area contributed by atoms with Gasteiger partial charge in [-0.25, -0.2) is 0 Å². The molecule has 1 aromatic carbocycles. The first-order chi connectivity index (χ1) is 8.04. The van der Waals surface area contributed by atoms with E-state index in [1.54, 1.807) is 0 Å². The zero-order chi connectivity index (χ0) is 13.4. The monoisotopic (exact) mass is 231 g/mol. The van der Waals surface area contributed by atoms with E-state index >= 15 is 0 Å². The Bertz CT molecular complexity index is 387. The van der Waals surface area contributed by atoms with Crippen LogP contribution in [0.25, 0.3) is 6.08 Å². The van der Waals surface area contributed by atoms with Crippen LogP contribution in [0.2, 0.25) is 0 Å². The summed E-state index contributed by atoms with van der Waals surface area (Å²) in [5.41, 5.74) is 4.63. The SMILES string of the molecule is CC.Cc1cc(C)c(/C=C\C(C)C)c(C=N)c1. The number of rotatable bonds is 3. The van der Waals surface area contributed by atoms with Crippen molar-refractivity contribution in [3.8, 4) is 0 Å². The summed E-state index contributed by atoms with van der Waals surface area (Å²) in [5.74, 6) is 0.546. The van der Waals surface area contributed by atoms with E-state index in [9.17, 15) is 0 Å². The summed E-state index contributed by atoms with van der Waals surface area (Å²) in [6.45, 7) is 12.5. The summed E-state index contributed by atoms with van der Waals surface area (Å²) >= 11 is 0. The highest BCUT2D eigenvalue weighted by Gasteiger charge is 2.02. The summed E-state index contributed by atoms with van der Waals surface area (Å²) in [5, 5.41) is 7.40. The minimum atomic E-state index is 0.546. The molecule has 17 heavy (non-hydrogen) atoms. The molecular weight excluding hydrogens is 206 g/mol. The van der Waals surface area contributed by atoms with E-state index in [0.717, 1.165) is 5.56 Å². The van der Waals surface area contributed by atoms with Crippen molar-refractivity contribution >= 4 is 12.3 Å². The third kappa shape index (κ3) is 4.99. The van der Waals surface area contributed by atoms with Crippen molar-refractivity contribution in [2.45, 2.75) is 41.5 Å². The van der Waals surface area contributed by atoms with Crippen LogP contribution in [0.3, 0.4) is 0 Å². The van der Waals surface area contributed by atoms with Gasteiger partial charge in [0.1, 0.15) is 0 Å². The topological polar surface area (TPSA) is 23.9 Å². The highest BCUT2D eigenvalue weighted by Crippen LogP contribution is 2.18. The maximum Gasteiger partial charge on any atom is 0.0256 e. The lowest BCUT2D eigenvalue weighted by Gasteiger charge is -2.07. The second-order valence-electron chi connectivity index (χ2n) is 4.33. The van der Waals surface area contributed by atoms with E-state index < -0.39 is 0 Å². The van der Waals surface area contributed by atoms with Gasteiger partial charge in [-0.1, -0.05) is 51.5 Å². The van der Waals surface area contributed by atoms with Crippen LogP contribution < -0.4 is 0 Å². The predicted molar refractivity (Wildman–Crippen MR) is 79.0 cm³/mol. The molecule has 0 atom stereocenters. The van der Waals surface area contributed by atoms with E-state index in [0.29, 0.717) is 5.92 Å². The Hall–Kier alpha value is -1.37. The smallest absolute Gasteiger partial charge is 0.0256 e. The fourth-order valence-electron chi connectivity index (χ4n) is 1.65. The van der Waals surface area contributed by atoms with Crippen LogP contribution in [0, 0.1) is 25.2 Å². The van der Waals surface area contributed by atoms with Crippen molar-refractivity contribution in [2.24, 2.45) is 5.92 Å². The summed E-state index contributed by atoms with van der Waals surface area (Å²) in [4.78, 5) is 0. The van der Waals surface area contributed by atoms with Crippen LogP contribution in [0.1, 0.15) is 49.9 Å². The second-order valence-corrected chi connectivity index (χ2v) is 4.33. The molecule has 0 aromatic heterocycles. The van der Waals surface area contributed by atoms with Crippen LogP contribution >= 0.6 is 0 Å². The molecule has 1 nitrogen and oxygen atoms in total.